The number of guanidine groups is 1. The van der Waals surface area contributed by atoms with Gasteiger partial charge in [0.05, 0.1) is 25.4 Å². The average molecular weight is 484 g/mol. The highest BCUT2D eigenvalue weighted by atomic mass is 127. The maximum Gasteiger partial charge on any atom is 0.191 e. The van der Waals surface area contributed by atoms with E-state index in [-0.39, 0.29) is 24.0 Å². The van der Waals surface area contributed by atoms with Crippen LogP contribution in [0.4, 0.5) is 0 Å². The minimum atomic E-state index is 0. The molecule has 1 fully saturated rings. The van der Waals surface area contributed by atoms with Gasteiger partial charge in [-0.1, -0.05) is 12.1 Å². The molecule has 1 aliphatic rings. The van der Waals surface area contributed by atoms with Crippen LogP contribution in [0, 0.1) is 0 Å². The number of rotatable bonds is 7. The van der Waals surface area contributed by atoms with Crippen molar-refractivity contribution in [1.82, 2.24) is 25.3 Å². The normalized spacial score (nSPS) is 15.2. The molecule has 2 N–H and O–H groups in total. The molecule has 1 saturated heterocycles. The number of hydrogen-bond donors (Lipinski definition) is 2. The van der Waals surface area contributed by atoms with Crippen molar-refractivity contribution in [2.75, 3.05) is 45.9 Å². The van der Waals surface area contributed by atoms with Crippen molar-refractivity contribution in [3.05, 3.63) is 48.3 Å². The first-order valence-electron chi connectivity index (χ1n) is 9.26. The van der Waals surface area contributed by atoms with Crippen molar-refractivity contribution in [1.29, 1.82) is 0 Å². The molecule has 7 nitrogen and oxygen atoms in total. The molecule has 0 saturated carbocycles. The van der Waals surface area contributed by atoms with Gasteiger partial charge in [-0.25, -0.2) is 9.67 Å². The first-order valence-corrected chi connectivity index (χ1v) is 9.26. The number of nitrogens with one attached hydrogen (secondary N) is 2. The van der Waals surface area contributed by atoms with E-state index in [4.69, 9.17) is 9.73 Å². The smallest absolute Gasteiger partial charge is 0.191 e. The molecule has 0 amide bonds. The fraction of sp³-hybridized carbons (Fsp3) is 0.474. The topological polar surface area (TPSA) is 66.7 Å². The SMILES string of the molecule is CCNC(=NCc1cccc(-n2cccn2)c1)NCCN1CCOCC1.I. The molecule has 8 heteroatoms. The molecule has 1 aromatic heterocycles. The quantitative estimate of drug-likeness (QED) is 0.357. The molecule has 0 atom stereocenters. The molecule has 1 aromatic carbocycles. The standard InChI is InChI=1S/C19H28N6O.HI/c1-2-20-19(21-8-10-24-11-13-26-14-12-24)22-16-17-5-3-6-18(15-17)25-9-4-7-23-25;/h3-7,9,15H,2,8,10-14,16H2,1H3,(H2,20,21,22);1H. The maximum atomic E-state index is 5.39. The van der Waals surface area contributed by atoms with Crippen molar-refractivity contribution in [3.63, 3.8) is 0 Å². The van der Waals surface area contributed by atoms with Crippen molar-refractivity contribution >= 4 is 29.9 Å². The molecule has 27 heavy (non-hydrogen) atoms. The summed E-state index contributed by atoms with van der Waals surface area (Å²) in [6.45, 7) is 9.12. The Labute approximate surface area is 178 Å². The van der Waals surface area contributed by atoms with Crippen LogP contribution in [0.2, 0.25) is 0 Å². The van der Waals surface area contributed by atoms with E-state index in [0.717, 1.165) is 63.1 Å². The number of halogens is 1. The summed E-state index contributed by atoms with van der Waals surface area (Å²) in [5, 5.41) is 11.0. The minimum Gasteiger partial charge on any atom is -0.379 e. The molecule has 0 aliphatic carbocycles. The van der Waals surface area contributed by atoms with Crippen molar-refractivity contribution in [2.45, 2.75) is 13.5 Å². The van der Waals surface area contributed by atoms with Gasteiger partial charge in [-0.15, -0.1) is 24.0 Å². The number of aliphatic imine (C=N–C) groups is 1. The lowest BCUT2D eigenvalue weighted by Crippen LogP contribution is -2.44. The van der Waals surface area contributed by atoms with Gasteiger partial charge in [0.25, 0.3) is 0 Å². The lowest BCUT2D eigenvalue weighted by molar-refractivity contribution is 0.0389. The Kier molecular flexibility index (Phi) is 9.57. The summed E-state index contributed by atoms with van der Waals surface area (Å²) in [7, 11) is 0. The first-order chi connectivity index (χ1) is 12.8. The Morgan fingerprint density at radius 3 is 2.81 bits per heavy atom. The number of morpholine rings is 1. The number of nitrogens with zero attached hydrogens (tertiary/aromatic N) is 4. The first kappa shape index (κ1) is 21.6. The third kappa shape index (κ3) is 7.11. The van der Waals surface area contributed by atoms with E-state index in [1.807, 2.05) is 29.1 Å². The van der Waals surface area contributed by atoms with Crippen LogP contribution in [0.5, 0.6) is 0 Å². The van der Waals surface area contributed by atoms with Gasteiger partial charge in [0.1, 0.15) is 0 Å². The second kappa shape index (κ2) is 11.9. The zero-order valence-corrected chi connectivity index (χ0v) is 18.1. The molecule has 3 rings (SSSR count). The van der Waals surface area contributed by atoms with Crippen LogP contribution in [0.25, 0.3) is 5.69 Å². The Bertz CT molecular complexity index is 685. The van der Waals surface area contributed by atoms with Crippen LogP contribution in [-0.2, 0) is 11.3 Å². The molecule has 2 heterocycles. The van der Waals surface area contributed by atoms with E-state index >= 15 is 0 Å². The fourth-order valence-electron chi connectivity index (χ4n) is 2.89. The van der Waals surface area contributed by atoms with Crippen LogP contribution < -0.4 is 10.6 Å². The second-order valence-corrected chi connectivity index (χ2v) is 6.20. The van der Waals surface area contributed by atoms with E-state index in [0.29, 0.717) is 6.54 Å². The molecule has 0 bridgehead atoms. The molecular weight excluding hydrogens is 455 g/mol. The van der Waals surface area contributed by atoms with Crippen LogP contribution in [0.1, 0.15) is 12.5 Å². The molecule has 148 valence electrons. The summed E-state index contributed by atoms with van der Waals surface area (Å²) in [5.74, 6) is 0.852. The second-order valence-electron chi connectivity index (χ2n) is 6.20. The lowest BCUT2D eigenvalue weighted by atomic mass is 10.2. The third-order valence-corrected chi connectivity index (χ3v) is 4.27. The zero-order chi connectivity index (χ0) is 18.0. The predicted molar refractivity (Wildman–Crippen MR) is 119 cm³/mol. The van der Waals surface area contributed by atoms with Crippen LogP contribution in [0.15, 0.2) is 47.7 Å². The highest BCUT2D eigenvalue weighted by molar-refractivity contribution is 14.0. The van der Waals surface area contributed by atoms with E-state index in [1.54, 1.807) is 6.20 Å². The Hall–Kier alpha value is -1.65. The molecule has 0 unspecified atom stereocenters. The number of benzene rings is 1. The Balaban J connectivity index is 0.00000261. The van der Waals surface area contributed by atoms with Crippen molar-refractivity contribution in [2.24, 2.45) is 4.99 Å². The van der Waals surface area contributed by atoms with Crippen LogP contribution >= 0.6 is 24.0 Å². The average Bonchev–Trinajstić information content (AvgIpc) is 3.22. The van der Waals surface area contributed by atoms with Gasteiger partial charge in [-0.05, 0) is 30.7 Å². The van der Waals surface area contributed by atoms with E-state index in [9.17, 15) is 0 Å². The molecule has 0 spiro atoms. The van der Waals surface area contributed by atoms with Gasteiger partial charge in [0.15, 0.2) is 5.96 Å². The number of ether oxygens (including phenoxy) is 1. The summed E-state index contributed by atoms with van der Waals surface area (Å²) in [4.78, 5) is 7.12. The summed E-state index contributed by atoms with van der Waals surface area (Å²) in [6.07, 6.45) is 3.73. The summed E-state index contributed by atoms with van der Waals surface area (Å²) in [5.41, 5.74) is 2.20. The monoisotopic (exact) mass is 484 g/mol. The fourth-order valence-corrected chi connectivity index (χ4v) is 2.89. The van der Waals surface area contributed by atoms with Crippen molar-refractivity contribution < 1.29 is 4.74 Å². The van der Waals surface area contributed by atoms with Crippen LogP contribution in [0.3, 0.4) is 0 Å². The third-order valence-electron chi connectivity index (χ3n) is 4.27. The Morgan fingerprint density at radius 1 is 1.22 bits per heavy atom. The lowest BCUT2D eigenvalue weighted by Gasteiger charge is -2.26. The molecule has 0 radical (unpaired) electrons. The van der Waals surface area contributed by atoms with E-state index in [2.05, 4.69) is 39.7 Å². The van der Waals surface area contributed by atoms with Gasteiger partial charge in [-0.2, -0.15) is 5.10 Å². The van der Waals surface area contributed by atoms with Gasteiger partial charge in [0, 0.05) is 45.1 Å². The highest BCUT2D eigenvalue weighted by Gasteiger charge is 2.09. The van der Waals surface area contributed by atoms with Gasteiger partial charge in [0.2, 0.25) is 0 Å². The van der Waals surface area contributed by atoms with Gasteiger partial charge >= 0.3 is 0 Å². The summed E-state index contributed by atoms with van der Waals surface area (Å²) in [6, 6.07) is 10.2. The van der Waals surface area contributed by atoms with Gasteiger partial charge < -0.3 is 15.4 Å². The summed E-state index contributed by atoms with van der Waals surface area (Å²) >= 11 is 0. The highest BCUT2D eigenvalue weighted by Crippen LogP contribution is 2.10. The predicted octanol–water partition coefficient (Wildman–Crippen LogP) is 1.88. The largest absolute Gasteiger partial charge is 0.379 e. The molecular formula is C19H29IN6O. The minimum absolute atomic E-state index is 0. The summed E-state index contributed by atoms with van der Waals surface area (Å²) < 4.78 is 7.25. The maximum absolute atomic E-state index is 5.39. The molecule has 2 aromatic rings. The van der Waals surface area contributed by atoms with Crippen LogP contribution in [-0.4, -0.2) is 66.6 Å². The van der Waals surface area contributed by atoms with E-state index in [1.165, 1.54) is 0 Å². The zero-order valence-electron chi connectivity index (χ0n) is 15.8. The number of aromatic nitrogens is 2. The van der Waals surface area contributed by atoms with Gasteiger partial charge in [-0.3, -0.25) is 4.90 Å². The number of hydrogen-bond acceptors (Lipinski definition) is 4. The van der Waals surface area contributed by atoms with E-state index < -0.39 is 0 Å². The Morgan fingerprint density at radius 2 is 2.07 bits per heavy atom. The van der Waals surface area contributed by atoms with Crippen molar-refractivity contribution in [3.8, 4) is 5.69 Å². The molecule has 1 aliphatic heterocycles.